The quantitative estimate of drug-likeness (QED) is 0.302. The zero-order valence-electron chi connectivity index (χ0n) is 20.8. The SMILES string of the molecule is COc1ccc(C(C)(c2ccc(CO)cc2)c2ccc(C(C)(C)c3ccc(C)cc3)cc2)cc1. The third kappa shape index (κ3) is 4.38. The van der Waals surface area contributed by atoms with Crippen LogP contribution in [-0.4, -0.2) is 12.2 Å². The van der Waals surface area contributed by atoms with Crippen LogP contribution in [0.15, 0.2) is 97.1 Å². The number of benzene rings is 4. The van der Waals surface area contributed by atoms with E-state index in [9.17, 15) is 5.11 Å². The molecule has 4 aromatic carbocycles. The number of hydrogen-bond acceptors (Lipinski definition) is 2. The Morgan fingerprint density at radius 2 is 0.971 bits per heavy atom. The van der Waals surface area contributed by atoms with Crippen LogP contribution < -0.4 is 4.74 Å². The van der Waals surface area contributed by atoms with Crippen LogP contribution in [0.25, 0.3) is 0 Å². The molecule has 4 rings (SSSR count). The molecule has 0 aromatic heterocycles. The average molecular weight is 451 g/mol. The monoisotopic (exact) mass is 450 g/mol. The molecule has 0 heterocycles. The third-order valence-corrected chi connectivity index (χ3v) is 7.34. The molecule has 1 atom stereocenters. The van der Waals surface area contributed by atoms with Gasteiger partial charge in [0.15, 0.2) is 0 Å². The van der Waals surface area contributed by atoms with Gasteiger partial charge in [-0.1, -0.05) is 104 Å². The first kappa shape index (κ1) is 23.8. The summed E-state index contributed by atoms with van der Waals surface area (Å²) >= 11 is 0. The van der Waals surface area contributed by atoms with Gasteiger partial charge in [0.05, 0.1) is 13.7 Å². The maximum atomic E-state index is 9.52. The molecular weight excluding hydrogens is 416 g/mol. The molecule has 4 aromatic rings. The topological polar surface area (TPSA) is 29.5 Å². The molecular formula is C32H34O2. The van der Waals surface area contributed by atoms with Gasteiger partial charge in [-0.05, 0) is 59.4 Å². The van der Waals surface area contributed by atoms with E-state index in [0.717, 1.165) is 11.3 Å². The fourth-order valence-electron chi connectivity index (χ4n) is 4.72. The Hall–Kier alpha value is -3.36. The molecule has 0 radical (unpaired) electrons. The highest BCUT2D eigenvalue weighted by molar-refractivity contribution is 5.52. The van der Waals surface area contributed by atoms with Gasteiger partial charge in [-0.2, -0.15) is 0 Å². The van der Waals surface area contributed by atoms with Crippen molar-refractivity contribution in [3.63, 3.8) is 0 Å². The first-order valence-electron chi connectivity index (χ1n) is 11.8. The lowest BCUT2D eigenvalue weighted by Gasteiger charge is -2.33. The molecule has 0 saturated carbocycles. The number of hydrogen-bond donors (Lipinski definition) is 1. The number of methoxy groups -OCH3 is 1. The number of aliphatic hydroxyl groups is 1. The normalized spacial score (nSPS) is 13.4. The molecule has 1 N–H and O–H groups in total. The van der Waals surface area contributed by atoms with Gasteiger partial charge in [-0.25, -0.2) is 0 Å². The second kappa shape index (κ2) is 9.48. The number of aryl methyl sites for hydroxylation is 1. The first-order chi connectivity index (χ1) is 16.3. The Bertz CT molecular complexity index is 1170. The van der Waals surface area contributed by atoms with Crippen molar-refractivity contribution in [2.45, 2.75) is 45.1 Å². The van der Waals surface area contributed by atoms with Gasteiger partial charge in [-0.3, -0.25) is 0 Å². The van der Waals surface area contributed by atoms with Crippen molar-refractivity contribution in [1.29, 1.82) is 0 Å². The summed E-state index contributed by atoms with van der Waals surface area (Å²) in [5, 5.41) is 9.52. The molecule has 0 amide bonds. The van der Waals surface area contributed by atoms with Gasteiger partial charge in [0.2, 0.25) is 0 Å². The summed E-state index contributed by atoms with van der Waals surface area (Å²) in [4.78, 5) is 0. The number of rotatable bonds is 7. The van der Waals surface area contributed by atoms with E-state index in [4.69, 9.17) is 4.74 Å². The molecule has 0 spiro atoms. The smallest absolute Gasteiger partial charge is 0.118 e. The summed E-state index contributed by atoms with van der Waals surface area (Å²) in [6, 6.07) is 34.5. The van der Waals surface area contributed by atoms with Crippen molar-refractivity contribution >= 4 is 0 Å². The van der Waals surface area contributed by atoms with Crippen LogP contribution in [-0.2, 0) is 17.4 Å². The summed E-state index contributed by atoms with van der Waals surface area (Å²) < 4.78 is 5.40. The molecule has 0 bridgehead atoms. The summed E-state index contributed by atoms with van der Waals surface area (Å²) in [6.07, 6.45) is 0. The van der Waals surface area contributed by atoms with Crippen molar-refractivity contribution in [2.24, 2.45) is 0 Å². The molecule has 0 saturated heterocycles. The lowest BCUT2D eigenvalue weighted by Crippen LogP contribution is -2.26. The largest absolute Gasteiger partial charge is 0.497 e. The highest BCUT2D eigenvalue weighted by Gasteiger charge is 2.32. The van der Waals surface area contributed by atoms with E-state index in [-0.39, 0.29) is 17.4 Å². The molecule has 2 nitrogen and oxygen atoms in total. The fourth-order valence-corrected chi connectivity index (χ4v) is 4.72. The zero-order valence-corrected chi connectivity index (χ0v) is 20.8. The Morgan fingerprint density at radius 1 is 0.588 bits per heavy atom. The minimum atomic E-state index is -0.354. The fraction of sp³-hybridized carbons (Fsp3) is 0.250. The Labute approximate surface area is 203 Å². The molecule has 1 unspecified atom stereocenters. The second-order valence-corrected chi connectivity index (χ2v) is 9.78. The van der Waals surface area contributed by atoms with E-state index < -0.39 is 0 Å². The van der Waals surface area contributed by atoms with Gasteiger partial charge in [0.25, 0.3) is 0 Å². The van der Waals surface area contributed by atoms with Crippen LogP contribution in [0.1, 0.15) is 59.7 Å². The van der Waals surface area contributed by atoms with E-state index in [2.05, 4.69) is 100 Å². The highest BCUT2D eigenvalue weighted by Crippen LogP contribution is 2.41. The Morgan fingerprint density at radius 3 is 1.41 bits per heavy atom. The molecule has 174 valence electrons. The lowest BCUT2D eigenvalue weighted by molar-refractivity contribution is 0.282. The van der Waals surface area contributed by atoms with Crippen molar-refractivity contribution in [3.05, 3.63) is 136 Å². The molecule has 0 aliphatic heterocycles. The zero-order chi connectivity index (χ0) is 24.3. The van der Waals surface area contributed by atoms with Crippen molar-refractivity contribution in [1.82, 2.24) is 0 Å². The highest BCUT2D eigenvalue weighted by atomic mass is 16.5. The molecule has 34 heavy (non-hydrogen) atoms. The van der Waals surface area contributed by atoms with Crippen LogP contribution in [0.3, 0.4) is 0 Å². The number of aliphatic hydroxyl groups excluding tert-OH is 1. The molecule has 2 heteroatoms. The van der Waals surface area contributed by atoms with Crippen molar-refractivity contribution in [2.75, 3.05) is 7.11 Å². The minimum Gasteiger partial charge on any atom is -0.497 e. The van der Waals surface area contributed by atoms with Crippen molar-refractivity contribution in [3.8, 4) is 5.75 Å². The van der Waals surface area contributed by atoms with Gasteiger partial charge >= 0.3 is 0 Å². The van der Waals surface area contributed by atoms with Crippen LogP contribution in [0, 0.1) is 6.92 Å². The van der Waals surface area contributed by atoms with E-state index in [1.54, 1.807) is 7.11 Å². The van der Waals surface area contributed by atoms with Crippen molar-refractivity contribution < 1.29 is 9.84 Å². The van der Waals surface area contributed by atoms with E-state index in [0.29, 0.717) is 0 Å². The maximum absolute atomic E-state index is 9.52. The maximum Gasteiger partial charge on any atom is 0.118 e. The van der Waals surface area contributed by atoms with Gasteiger partial charge in [0.1, 0.15) is 5.75 Å². The lowest BCUT2D eigenvalue weighted by atomic mass is 9.70. The van der Waals surface area contributed by atoms with Gasteiger partial charge in [-0.15, -0.1) is 0 Å². The summed E-state index contributed by atoms with van der Waals surface area (Å²) in [7, 11) is 1.69. The summed E-state index contributed by atoms with van der Waals surface area (Å²) in [5.41, 5.74) is 7.93. The Balaban J connectivity index is 1.79. The molecule has 0 aliphatic rings. The summed E-state index contributed by atoms with van der Waals surface area (Å²) in [6.45, 7) is 9.00. The Kier molecular flexibility index (Phi) is 6.63. The predicted molar refractivity (Wildman–Crippen MR) is 141 cm³/mol. The predicted octanol–water partition coefficient (Wildman–Crippen LogP) is 7.18. The van der Waals surface area contributed by atoms with Gasteiger partial charge in [0, 0.05) is 10.8 Å². The van der Waals surface area contributed by atoms with Crippen LogP contribution in [0.4, 0.5) is 0 Å². The average Bonchev–Trinajstić information content (AvgIpc) is 2.88. The van der Waals surface area contributed by atoms with Crippen LogP contribution in [0.2, 0.25) is 0 Å². The van der Waals surface area contributed by atoms with E-state index in [1.807, 2.05) is 24.3 Å². The summed E-state index contributed by atoms with van der Waals surface area (Å²) in [5.74, 6) is 0.844. The first-order valence-corrected chi connectivity index (χ1v) is 11.8. The van der Waals surface area contributed by atoms with E-state index >= 15 is 0 Å². The molecule has 0 fully saturated rings. The van der Waals surface area contributed by atoms with Crippen LogP contribution in [0.5, 0.6) is 5.75 Å². The standard InChI is InChI=1S/C32H34O2/c1-23-6-10-25(11-7-23)31(2,3)26-14-16-28(17-15-26)32(4,27-12-8-24(22-33)9-13-27)29-18-20-30(34-5)21-19-29/h6-21,33H,22H2,1-5H3. The second-order valence-electron chi connectivity index (χ2n) is 9.78. The molecule has 0 aliphatic carbocycles. The van der Waals surface area contributed by atoms with Crippen LogP contribution >= 0.6 is 0 Å². The third-order valence-electron chi connectivity index (χ3n) is 7.34. The minimum absolute atomic E-state index is 0.0440. The van der Waals surface area contributed by atoms with Gasteiger partial charge < -0.3 is 9.84 Å². The number of ether oxygens (including phenoxy) is 1. The van der Waals surface area contributed by atoms with E-state index in [1.165, 1.54) is 33.4 Å².